The van der Waals surface area contributed by atoms with Crippen LogP contribution in [0, 0.1) is 6.92 Å². The van der Waals surface area contributed by atoms with Gasteiger partial charge in [-0.15, -0.1) is 0 Å². The lowest BCUT2D eigenvalue weighted by Crippen LogP contribution is -2.05. The number of nitrogens with two attached hydrogens (primary N) is 1. The fourth-order valence-electron chi connectivity index (χ4n) is 1.59. The maximum absolute atomic E-state index is 10.9. The molecule has 18 heavy (non-hydrogen) atoms. The molecule has 0 saturated carbocycles. The van der Waals surface area contributed by atoms with Crippen molar-refractivity contribution in [3.8, 4) is 0 Å². The zero-order valence-corrected chi connectivity index (χ0v) is 11.1. The highest BCUT2D eigenvalue weighted by Gasteiger charge is 2.06. The van der Waals surface area contributed by atoms with Crippen LogP contribution in [0.5, 0.6) is 0 Å². The van der Waals surface area contributed by atoms with E-state index in [0.717, 1.165) is 16.7 Å². The molecule has 0 aliphatic carbocycles. The minimum absolute atomic E-state index is 0.231. The predicted molar refractivity (Wildman–Crippen MR) is 73.7 cm³/mol. The van der Waals surface area contributed by atoms with E-state index in [-0.39, 0.29) is 12.6 Å². The second-order valence-corrected chi connectivity index (χ2v) is 4.05. The first-order valence-corrected chi connectivity index (χ1v) is 5.86. The van der Waals surface area contributed by atoms with Crippen LogP contribution in [0.3, 0.4) is 0 Å². The summed E-state index contributed by atoms with van der Waals surface area (Å²) in [6, 6.07) is 7.94. The zero-order chi connectivity index (χ0) is 13.5. The Hall–Kier alpha value is -2.03. The lowest BCUT2D eigenvalue weighted by molar-refractivity contribution is -0.139. The Morgan fingerprint density at radius 3 is 2.61 bits per heavy atom. The van der Waals surface area contributed by atoms with Crippen molar-refractivity contribution in [1.82, 2.24) is 0 Å². The van der Waals surface area contributed by atoms with Crippen LogP contribution in [0.4, 0.5) is 0 Å². The molecule has 0 aliphatic rings. The zero-order valence-electron chi connectivity index (χ0n) is 11.1. The Morgan fingerprint density at radius 1 is 1.39 bits per heavy atom. The molecule has 0 bridgehead atoms. The molecule has 0 radical (unpaired) electrons. The summed E-state index contributed by atoms with van der Waals surface area (Å²) in [5, 5.41) is 0. The van der Waals surface area contributed by atoms with Crippen molar-refractivity contribution < 1.29 is 9.53 Å². The van der Waals surface area contributed by atoms with E-state index in [1.807, 2.05) is 50.3 Å². The third kappa shape index (κ3) is 4.09. The van der Waals surface area contributed by atoms with Crippen molar-refractivity contribution in [2.45, 2.75) is 20.8 Å². The van der Waals surface area contributed by atoms with Gasteiger partial charge in [0.1, 0.15) is 6.61 Å². The number of carbonyl (C=O) groups is 1. The van der Waals surface area contributed by atoms with E-state index in [1.165, 1.54) is 6.92 Å². The molecular weight excluding hydrogens is 226 g/mol. The quantitative estimate of drug-likeness (QED) is 0.655. The van der Waals surface area contributed by atoms with E-state index in [0.29, 0.717) is 5.70 Å². The van der Waals surface area contributed by atoms with Crippen molar-refractivity contribution in [2.24, 2.45) is 5.73 Å². The Labute approximate surface area is 108 Å². The molecule has 0 atom stereocenters. The van der Waals surface area contributed by atoms with Crippen molar-refractivity contribution in [3.05, 3.63) is 53.2 Å². The fourth-order valence-corrected chi connectivity index (χ4v) is 1.59. The molecule has 0 aliphatic heterocycles. The van der Waals surface area contributed by atoms with Gasteiger partial charge in [-0.1, -0.05) is 30.3 Å². The molecular formula is C15H19NO2. The molecule has 3 heteroatoms. The van der Waals surface area contributed by atoms with Crippen molar-refractivity contribution in [1.29, 1.82) is 0 Å². The van der Waals surface area contributed by atoms with Gasteiger partial charge in [0.15, 0.2) is 0 Å². The SMILES string of the molecule is C/C=C(N)\C=C(\COC(C)=O)c1ccccc1C. The molecule has 1 aromatic rings. The number of esters is 1. The molecule has 0 aromatic heterocycles. The number of benzene rings is 1. The van der Waals surface area contributed by atoms with Gasteiger partial charge >= 0.3 is 5.97 Å². The number of carbonyl (C=O) groups excluding carboxylic acids is 1. The highest BCUT2D eigenvalue weighted by atomic mass is 16.5. The smallest absolute Gasteiger partial charge is 0.302 e. The molecule has 3 nitrogen and oxygen atoms in total. The monoisotopic (exact) mass is 245 g/mol. The number of hydrogen-bond donors (Lipinski definition) is 1. The highest BCUT2D eigenvalue weighted by Crippen LogP contribution is 2.20. The standard InChI is InChI=1S/C15H19NO2/c1-4-14(16)9-13(10-18-12(3)17)15-8-6-5-7-11(15)2/h4-9H,10,16H2,1-3H3/b13-9-,14-4+. The molecule has 0 spiro atoms. The fraction of sp³-hybridized carbons (Fsp3) is 0.267. The summed E-state index contributed by atoms with van der Waals surface area (Å²) >= 11 is 0. The minimum Gasteiger partial charge on any atom is -0.461 e. The number of hydrogen-bond acceptors (Lipinski definition) is 3. The summed E-state index contributed by atoms with van der Waals surface area (Å²) < 4.78 is 5.07. The van der Waals surface area contributed by atoms with Gasteiger partial charge in [-0.2, -0.15) is 0 Å². The van der Waals surface area contributed by atoms with Crippen molar-refractivity contribution >= 4 is 11.5 Å². The summed E-state index contributed by atoms with van der Waals surface area (Å²) in [5.74, 6) is -0.298. The number of ether oxygens (including phenoxy) is 1. The summed E-state index contributed by atoms with van der Waals surface area (Å²) in [7, 11) is 0. The Morgan fingerprint density at radius 2 is 2.06 bits per heavy atom. The molecule has 2 N–H and O–H groups in total. The van der Waals surface area contributed by atoms with Gasteiger partial charge in [-0.25, -0.2) is 0 Å². The molecule has 0 unspecified atom stereocenters. The first-order chi connectivity index (χ1) is 8.54. The third-order valence-electron chi connectivity index (χ3n) is 2.60. The Balaban J connectivity index is 3.09. The van der Waals surface area contributed by atoms with Crippen LogP contribution in [-0.2, 0) is 9.53 Å². The van der Waals surface area contributed by atoms with Gasteiger partial charge < -0.3 is 10.5 Å². The van der Waals surface area contributed by atoms with Crippen LogP contribution in [0.25, 0.3) is 5.57 Å². The van der Waals surface area contributed by atoms with Gasteiger partial charge in [0, 0.05) is 12.6 Å². The summed E-state index contributed by atoms with van der Waals surface area (Å²) in [5.41, 5.74) is 9.54. The van der Waals surface area contributed by atoms with Gasteiger partial charge in [0.2, 0.25) is 0 Å². The van der Waals surface area contributed by atoms with Crippen LogP contribution in [0.2, 0.25) is 0 Å². The van der Waals surface area contributed by atoms with Gasteiger partial charge in [0.05, 0.1) is 0 Å². The summed E-state index contributed by atoms with van der Waals surface area (Å²) in [6.45, 7) is 5.51. The Bertz CT molecular complexity index is 487. The average molecular weight is 245 g/mol. The number of rotatable bonds is 4. The largest absolute Gasteiger partial charge is 0.461 e. The number of aryl methyl sites for hydroxylation is 1. The number of allylic oxidation sites excluding steroid dienone is 2. The topological polar surface area (TPSA) is 52.3 Å². The van der Waals surface area contributed by atoms with Crippen LogP contribution in [0.15, 0.2) is 42.1 Å². The van der Waals surface area contributed by atoms with Gasteiger partial charge in [0.25, 0.3) is 0 Å². The van der Waals surface area contributed by atoms with Crippen LogP contribution >= 0.6 is 0 Å². The third-order valence-corrected chi connectivity index (χ3v) is 2.60. The summed E-state index contributed by atoms with van der Waals surface area (Å²) in [6.07, 6.45) is 3.65. The van der Waals surface area contributed by atoms with E-state index < -0.39 is 0 Å². The van der Waals surface area contributed by atoms with E-state index in [2.05, 4.69) is 0 Å². The van der Waals surface area contributed by atoms with Crippen molar-refractivity contribution in [3.63, 3.8) is 0 Å². The maximum atomic E-state index is 10.9. The van der Waals surface area contributed by atoms with Crippen LogP contribution < -0.4 is 5.73 Å². The molecule has 1 rings (SSSR count). The molecule has 0 saturated heterocycles. The van der Waals surface area contributed by atoms with Crippen molar-refractivity contribution in [2.75, 3.05) is 6.61 Å². The normalized spacial score (nSPS) is 12.4. The summed E-state index contributed by atoms with van der Waals surface area (Å²) in [4.78, 5) is 10.9. The van der Waals surface area contributed by atoms with Crippen LogP contribution in [0.1, 0.15) is 25.0 Å². The lowest BCUT2D eigenvalue weighted by Gasteiger charge is -2.11. The van der Waals surface area contributed by atoms with E-state index in [4.69, 9.17) is 10.5 Å². The molecule has 96 valence electrons. The first-order valence-electron chi connectivity index (χ1n) is 5.86. The lowest BCUT2D eigenvalue weighted by atomic mass is 10.0. The first kappa shape index (κ1) is 14.0. The molecule has 1 aromatic carbocycles. The Kier molecular flexibility index (Phi) is 5.18. The van der Waals surface area contributed by atoms with E-state index in [1.54, 1.807) is 0 Å². The van der Waals surface area contributed by atoms with E-state index >= 15 is 0 Å². The maximum Gasteiger partial charge on any atom is 0.302 e. The molecule has 0 fully saturated rings. The minimum atomic E-state index is -0.298. The highest BCUT2D eigenvalue weighted by molar-refractivity contribution is 5.74. The molecule has 0 heterocycles. The molecule has 0 amide bonds. The predicted octanol–water partition coefficient (Wildman–Crippen LogP) is 2.80. The van der Waals surface area contributed by atoms with Gasteiger partial charge in [-0.3, -0.25) is 4.79 Å². The van der Waals surface area contributed by atoms with Crippen LogP contribution in [-0.4, -0.2) is 12.6 Å². The second kappa shape index (κ2) is 6.64. The van der Waals surface area contributed by atoms with Gasteiger partial charge in [-0.05, 0) is 36.6 Å². The second-order valence-electron chi connectivity index (χ2n) is 4.05. The van der Waals surface area contributed by atoms with E-state index in [9.17, 15) is 4.79 Å². The average Bonchev–Trinajstić information content (AvgIpc) is 2.34.